The summed E-state index contributed by atoms with van der Waals surface area (Å²) in [6.45, 7) is 6.94. The van der Waals surface area contributed by atoms with Crippen molar-refractivity contribution < 1.29 is 4.74 Å². The molecule has 1 saturated heterocycles. The van der Waals surface area contributed by atoms with Crippen LogP contribution in [0.2, 0.25) is 0 Å². The lowest BCUT2D eigenvalue weighted by Crippen LogP contribution is -2.32. The van der Waals surface area contributed by atoms with Gasteiger partial charge in [0.1, 0.15) is 6.10 Å². The summed E-state index contributed by atoms with van der Waals surface area (Å²) in [6.07, 6.45) is 1.18. The van der Waals surface area contributed by atoms with E-state index in [1.165, 1.54) is 17.5 Å². The summed E-state index contributed by atoms with van der Waals surface area (Å²) < 4.78 is 6.31. The average molecular weight is 361 g/mol. The second-order valence-corrected chi connectivity index (χ2v) is 7.11. The van der Waals surface area contributed by atoms with E-state index in [2.05, 4.69) is 60.4 Å². The van der Waals surface area contributed by atoms with Crippen LogP contribution in [0.1, 0.15) is 30.6 Å². The van der Waals surface area contributed by atoms with E-state index < -0.39 is 0 Å². The Morgan fingerprint density at radius 2 is 1.60 bits per heavy atom. The first-order valence-corrected chi connectivity index (χ1v) is 8.84. The van der Waals surface area contributed by atoms with E-state index in [-0.39, 0.29) is 23.9 Å². The van der Waals surface area contributed by atoms with Crippen LogP contribution in [0.25, 0.3) is 0 Å². The highest BCUT2D eigenvalue weighted by Crippen LogP contribution is 2.29. The van der Waals surface area contributed by atoms with Crippen LogP contribution >= 0.6 is 12.4 Å². The van der Waals surface area contributed by atoms with Crippen molar-refractivity contribution in [2.45, 2.75) is 19.4 Å². The van der Waals surface area contributed by atoms with Crippen molar-refractivity contribution in [1.29, 1.82) is 0 Å². The van der Waals surface area contributed by atoms with Crippen molar-refractivity contribution in [1.82, 2.24) is 4.90 Å². The summed E-state index contributed by atoms with van der Waals surface area (Å²) in [7, 11) is 0. The quantitative estimate of drug-likeness (QED) is 0.814. The third kappa shape index (κ3) is 5.29. The molecule has 0 radical (unpaired) electrons. The lowest BCUT2D eigenvalue weighted by molar-refractivity contribution is 0.0626. The Balaban J connectivity index is 0.00000225. The van der Waals surface area contributed by atoms with Crippen LogP contribution in [-0.2, 0) is 4.74 Å². The standard InChI is InChI=1S/C21H28N2O.ClH/c1-21(16-22)12-13-23(17-21)14-15-24-20(18-8-4-2-5-9-18)19-10-6-3-7-11-19;/h2-11,20H,12-17,22H2,1H3;1H. The van der Waals surface area contributed by atoms with Gasteiger partial charge in [0.2, 0.25) is 0 Å². The summed E-state index contributed by atoms with van der Waals surface area (Å²) in [4.78, 5) is 2.47. The van der Waals surface area contributed by atoms with E-state index in [1.807, 2.05) is 12.1 Å². The molecule has 136 valence electrons. The highest BCUT2D eigenvalue weighted by atomic mass is 35.5. The van der Waals surface area contributed by atoms with E-state index in [9.17, 15) is 0 Å². The summed E-state index contributed by atoms with van der Waals surface area (Å²) in [6, 6.07) is 20.9. The molecule has 1 unspecified atom stereocenters. The minimum atomic E-state index is -0.00380. The van der Waals surface area contributed by atoms with Crippen LogP contribution in [0.15, 0.2) is 60.7 Å². The normalized spacial score (nSPS) is 20.6. The van der Waals surface area contributed by atoms with E-state index in [4.69, 9.17) is 10.5 Å². The molecule has 1 heterocycles. The van der Waals surface area contributed by atoms with Gasteiger partial charge < -0.3 is 15.4 Å². The summed E-state index contributed by atoms with van der Waals surface area (Å²) in [5, 5.41) is 0. The molecule has 2 aromatic carbocycles. The molecule has 0 aromatic heterocycles. The van der Waals surface area contributed by atoms with Gasteiger partial charge >= 0.3 is 0 Å². The molecule has 3 nitrogen and oxygen atoms in total. The molecule has 0 bridgehead atoms. The summed E-state index contributed by atoms with van der Waals surface area (Å²) >= 11 is 0. The number of nitrogens with two attached hydrogens (primary N) is 1. The van der Waals surface area contributed by atoms with E-state index in [0.29, 0.717) is 0 Å². The highest BCUT2D eigenvalue weighted by Gasteiger charge is 2.32. The van der Waals surface area contributed by atoms with Crippen molar-refractivity contribution >= 4 is 12.4 Å². The van der Waals surface area contributed by atoms with Crippen LogP contribution in [0.3, 0.4) is 0 Å². The number of nitrogens with zero attached hydrogens (tertiary/aromatic N) is 1. The second-order valence-electron chi connectivity index (χ2n) is 7.11. The fraction of sp³-hybridized carbons (Fsp3) is 0.429. The molecule has 0 spiro atoms. The molecule has 4 heteroatoms. The minimum Gasteiger partial charge on any atom is -0.367 e. The van der Waals surface area contributed by atoms with E-state index >= 15 is 0 Å². The first kappa shape index (κ1) is 19.9. The monoisotopic (exact) mass is 360 g/mol. The van der Waals surface area contributed by atoms with Gasteiger partial charge in [0.05, 0.1) is 6.61 Å². The molecule has 3 rings (SSSR count). The first-order chi connectivity index (χ1) is 11.7. The topological polar surface area (TPSA) is 38.5 Å². The van der Waals surface area contributed by atoms with Crippen molar-refractivity contribution in [3.05, 3.63) is 71.8 Å². The van der Waals surface area contributed by atoms with Gasteiger partial charge in [-0.3, -0.25) is 0 Å². The Morgan fingerprint density at radius 1 is 1.04 bits per heavy atom. The molecular weight excluding hydrogens is 332 g/mol. The predicted molar refractivity (Wildman–Crippen MR) is 106 cm³/mol. The molecule has 2 N–H and O–H groups in total. The average Bonchev–Trinajstić information content (AvgIpc) is 3.02. The maximum absolute atomic E-state index is 6.31. The molecule has 1 aliphatic heterocycles. The summed E-state index contributed by atoms with van der Waals surface area (Å²) in [5.74, 6) is 0. The molecule has 1 aliphatic rings. The molecule has 0 amide bonds. The number of rotatable bonds is 7. The Bertz CT molecular complexity index is 583. The zero-order valence-corrected chi connectivity index (χ0v) is 15.8. The van der Waals surface area contributed by atoms with Gasteiger partial charge in [0.25, 0.3) is 0 Å². The maximum atomic E-state index is 6.31. The molecule has 1 fully saturated rings. The van der Waals surface area contributed by atoms with Gasteiger partial charge in [0.15, 0.2) is 0 Å². The van der Waals surface area contributed by atoms with Crippen LogP contribution in [0.5, 0.6) is 0 Å². The van der Waals surface area contributed by atoms with Gasteiger partial charge in [-0.25, -0.2) is 0 Å². The van der Waals surface area contributed by atoms with Gasteiger partial charge in [-0.1, -0.05) is 67.6 Å². The van der Waals surface area contributed by atoms with Crippen molar-refractivity contribution in [3.8, 4) is 0 Å². The smallest absolute Gasteiger partial charge is 0.108 e. The summed E-state index contributed by atoms with van der Waals surface area (Å²) in [5.41, 5.74) is 8.59. The first-order valence-electron chi connectivity index (χ1n) is 8.84. The van der Waals surface area contributed by atoms with Crippen molar-refractivity contribution in [2.24, 2.45) is 11.1 Å². The van der Waals surface area contributed by atoms with Gasteiger partial charge in [0, 0.05) is 13.1 Å². The Morgan fingerprint density at radius 3 is 2.08 bits per heavy atom. The maximum Gasteiger partial charge on any atom is 0.108 e. The van der Waals surface area contributed by atoms with Crippen LogP contribution in [0.4, 0.5) is 0 Å². The Kier molecular flexibility index (Phi) is 7.45. The third-order valence-electron chi connectivity index (χ3n) is 5.03. The SMILES string of the molecule is CC1(CN)CCN(CCOC(c2ccccc2)c2ccccc2)C1.Cl. The van der Waals surface area contributed by atoms with Gasteiger partial charge in [-0.15, -0.1) is 12.4 Å². The zero-order valence-electron chi connectivity index (χ0n) is 14.9. The molecular formula is C21H29ClN2O. The largest absolute Gasteiger partial charge is 0.367 e. The van der Waals surface area contributed by atoms with Crippen molar-refractivity contribution in [3.63, 3.8) is 0 Å². The number of halogens is 1. The number of hydrogen-bond donors (Lipinski definition) is 1. The second kappa shape index (κ2) is 9.35. The number of hydrogen-bond acceptors (Lipinski definition) is 3. The molecule has 25 heavy (non-hydrogen) atoms. The fourth-order valence-corrected chi connectivity index (χ4v) is 3.42. The highest BCUT2D eigenvalue weighted by molar-refractivity contribution is 5.85. The number of likely N-dealkylation sites (tertiary alicyclic amines) is 1. The Labute approximate surface area is 157 Å². The fourth-order valence-electron chi connectivity index (χ4n) is 3.42. The Hall–Kier alpha value is -1.39. The minimum absolute atomic E-state index is 0. The van der Waals surface area contributed by atoms with E-state index in [1.54, 1.807) is 0 Å². The molecule has 2 aromatic rings. The predicted octanol–water partition coefficient (Wildman–Crippen LogP) is 3.89. The van der Waals surface area contributed by atoms with Crippen molar-refractivity contribution in [2.75, 3.05) is 32.8 Å². The number of benzene rings is 2. The molecule has 0 saturated carbocycles. The van der Waals surface area contributed by atoms with Crippen LogP contribution in [0, 0.1) is 5.41 Å². The molecule has 0 aliphatic carbocycles. The lowest BCUT2D eigenvalue weighted by Gasteiger charge is -2.24. The molecule has 1 atom stereocenters. The zero-order chi connectivity index (χ0) is 16.8. The number of ether oxygens (including phenoxy) is 1. The van der Waals surface area contributed by atoms with Crippen LogP contribution in [-0.4, -0.2) is 37.7 Å². The van der Waals surface area contributed by atoms with Crippen LogP contribution < -0.4 is 5.73 Å². The van der Waals surface area contributed by atoms with Gasteiger partial charge in [-0.05, 0) is 36.1 Å². The van der Waals surface area contributed by atoms with E-state index in [0.717, 1.165) is 32.8 Å². The third-order valence-corrected chi connectivity index (χ3v) is 5.03. The lowest BCUT2D eigenvalue weighted by atomic mass is 9.90. The van der Waals surface area contributed by atoms with Gasteiger partial charge in [-0.2, -0.15) is 0 Å².